The second-order valence-electron chi connectivity index (χ2n) is 6.86. The number of fused-ring (bicyclic) bond motifs is 1. The van der Waals surface area contributed by atoms with Gasteiger partial charge in [-0.2, -0.15) is 0 Å². The van der Waals surface area contributed by atoms with Crippen molar-refractivity contribution in [1.29, 1.82) is 0 Å². The smallest absolute Gasteiger partial charge is 0.258 e. The van der Waals surface area contributed by atoms with E-state index in [1.807, 2.05) is 6.92 Å². The van der Waals surface area contributed by atoms with Crippen molar-refractivity contribution in [2.24, 2.45) is 0 Å². The monoisotopic (exact) mass is 467 g/mol. The second kappa shape index (κ2) is 8.83. The summed E-state index contributed by atoms with van der Waals surface area (Å²) in [6, 6.07) is 2.96. The fraction of sp³-hybridized carbons (Fsp3) is 0.316. The van der Waals surface area contributed by atoms with Crippen LogP contribution in [0.4, 0.5) is 21.6 Å². The van der Waals surface area contributed by atoms with Crippen LogP contribution in [-0.4, -0.2) is 31.9 Å². The minimum Gasteiger partial charge on any atom is -0.366 e. The molecule has 1 aromatic carbocycles. The van der Waals surface area contributed by atoms with E-state index < -0.39 is 22.7 Å². The van der Waals surface area contributed by atoms with E-state index in [0.29, 0.717) is 35.1 Å². The van der Waals surface area contributed by atoms with E-state index >= 15 is 0 Å². The Morgan fingerprint density at radius 3 is 2.90 bits per heavy atom. The molecule has 3 aromatic rings. The maximum atomic E-state index is 14.4. The number of nitrogens with zero attached hydrogens (tertiary/aromatic N) is 2. The summed E-state index contributed by atoms with van der Waals surface area (Å²) in [5, 5.41) is 7.48. The number of rotatable bonds is 8. The molecular weight excluding hydrogens is 449 g/mol. The Kier molecular flexibility index (Phi) is 6.16. The first-order chi connectivity index (χ1) is 14.5. The van der Waals surface area contributed by atoms with Crippen LogP contribution in [0.15, 0.2) is 23.8 Å². The molecule has 2 heterocycles. The predicted molar refractivity (Wildman–Crippen MR) is 120 cm³/mol. The molecule has 158 valence electrons. The quantitative estimate of drug-likeness (QED) is 0.442. The van der Waals surface area contributed by atoms with E-state index in [1.165, 1.54) is 29.8 Å². The highest BCUT2D eigenvalue weighted by Gasteiger charge is 2.24. The summed E-state index contributed by atoms with van der Waals surface area (Å²) in [6.07, 6.45) is 4.30. The summed E-state index contributed by atoms with van der Waals surface area (Å²) in [5.41, 5.74) is 0.906. The van der Waals surface area contributed by atoms with Crippen molar-refractivity contribution in [1.82, 2.24) is 9.97 Å². The normalized spacial score (nSPS) is 14.5. The molecule has 4 rings (SSSR count). The fourth-order valence-electron chi connectivity index (χ4n) is 2.82. The van der Waals surface area contributed by atoms with Crippen LogP contribution in [-0.2, 0) is 11.0 Å². The maximum absolute atomic E-state index is 14.4. The zero-order valence-corrected chi connectivity index (χ0v) is 18.4. The van der Waals surface area contributed by atoms with Gasteiger partial charge < -0.3 is 15.4 Å². The number of carbonyl (C=O) groups excluding carboxylic acids is 1. The molecule has 0 spiro atoms. The molecule has 1 fully saturated rings. The van der Waals surface area contributed by atoms with Crippen molar-refractivity contribution >= 4 is 67.2 Å². The van der Waals surface area contributed by atoms with Gasteiger partial charge in [-0.3, -0.25) is 4.79 Å². The van der Waals surface area contributed by atoms with E-state index in [1.54, 1.807) is 5.38 Å². The number of anilines is 3. The number of nitrogens with one attached hydrogen (secondary N) is 3. The Hall–Kier alpha value is -2.30. The molecule has 0 aliphatic heterocycles. The van der Waals surface area contributed by atoms with Gasteiger partial charge in [0.25, 0.3) is 5.91 Å². The van der Waals surface area contributed by atoms with Crippen LogP contribution in [0, 0.1) is 5.82 Å². The van der Waals surface area contributed by atoms with Crippen LogP contribution >= 0.6 is 22.9 Å². The van der Waals surface area contributed by atoms with Gasteiger partial charge in [0.05, 0.1) is 32.2 Å². The Bertz CT molecular complexity index is 1140. The molecule has 0 bridgehead atoms. The van der Waals surface area contributed by atoms with Gasteiger partial charge in [-0.1, -0.05) is 18.5 Å². The van der Waals surface area contributed by atoms with Crippen LogP contribution in [0.2, 0.25) is 5.02 Å². The highest BCUT2D eigenvalue weighted by atomic mass is 35.5. The van der Waals surface area contributed by atoms with Crippen molar-refractivity contribution < 1.29 is 13.4 Å². The van der Waals surface area contributed by atoms with Crippen LogP contribution in [0.1, 0.15) is 36.5 Å². The molecule has 1 unspecified atom stereocenters. The molecule has 3 N–H and O–H groups in total. The number of aromatic nitrogens is 2. The third kappa shape index (κ3) is 4.40. The zero-order chi connectivity index (χ0) is 21.3. The minimum absolute atomic E-state index is 0.0435. The van der Waals surface area contributed by atoms with Crippen molar-refractivity contribution in [3.63, 3.8) is 0 Å². The lowest BCUT2D eigenvalue weighted by Crippen LogP contribution is -2.15. The van der Waals surface area contributed by atoms with E-state index in [0.717, 1.165) is 17.5 Å². The topological polar surface area (TPSA) is 96.0 Å². The number of hydrogen-bond acceptors (Lipinski definition) is 6. The molecule has 1 aliphatic rings. The first kappa shape index (κ1) is 21.0. The van der Waals surface area contributed by atoms with Crippen molar-refractivity contribution in [2.45, 2.75) is 32.2 Å². The first-order valence-electron chi connectivity index (χ1n) is 9.41. The Balaban J connectivity index is 1.60. The average Bonchev–Trinajstić information content (AvgIpc) is 3.42. The van der Waals surface area contributed by atoms with Crippen LogP contribution in [0.3, 0.4) is 0 Å². The molecule has 11 heteroatoms. The van der Waals surface area contributed by atoms with Crippen LogP contribution in [0.5, 0.6) is 0 Å². The van der Waals surface area contributed by atoms with Gasteiger partial charge in [-0.05, 0) is 31.4 Å². The maximum Gasteiger partial charge on any atom is 0.258 e. The highest BCUT2D eigenvalue weighted by molar-refractivity contribution is 7.86. The number of halogens is 2. The highest BCUT2D eigenvalue weighted by Crippen LogP contribution is 2.35. The third-order valence-electron chi connectivity index (χ3n) is 4.46. The fourth-order valence-corrected chi connectivity index (χ4v) is 4.97. The summed E-state index contributed by atoms with van der Waals surface area (Å²) < 4.78 is 29.9. The number of benzene rings is 1. The van der Waals surface area contributed by atoms with Gasteiger partial charge in [0.2, 0.25) is 0 Å². The number of hydrogen-bond donors (Lipinski definition) is 3. The van der Waals surface area contributed by atoms with Gasteiger partial charge in [-0.15, -0.1) is 11.3 Å². The van der Waals surface area contributed by atoms with Crippen molar-refractivity contribution in [3.05, 3.63) is 40.2 Å². The molecule has 0 radical (unpaired) electrons. The van der Waals surface area contributed by atoms with Gasteiger partial charge in [-0.25, -0.2) is 18.6 Å². The van der Waals surface area contributed by atoms with Crippen molar-refractivity contribution in [2.75, 3.05) is 21.1 Å². The van der Waals surface area contributed by atoms with E-state index in [4.69, 9.17) is 11.6 Å². The molecule has 1 saturated carbocycles. The Morgan fingerprint density at radius 1 is 1.37 bits per heavy atom. The van der Waals surface area contributed by atoms with Crippen LogP contribution < -0.4 is 15.4 Å². The average molecular weight is 468 g/mol. The summed E-state index contributed by atoms with van der Waals surface area (Å²) in [5.74, 6) is -0.108. The first-order valence-corrected chi connectivity index (χ1v) is 12.0. The standard InChI is InChI=1S/C19H19ClFN5O2S2/c1-2-7-30(28)26-13-6-5-12(21)16(14(13)20)25-19(27)11-8-29-17-15(11)22-9-23-18(17)24-10-3-4-10/h5-6,8-10,26H,2-4,7H2,1H3,(H,25,27)(H,22,23,24). The van der Waals surface area contributed by atoms with Crippen molar-refractivity contribution in [3.8, 4) is 0 Å². The number of carbonyl (C=O) groups is 1. The molecule has 1 amide bonds. The van der Waals surface area contributed by atoms with Gasteiger partial charge >= 0.3 is 0 Å². The minimum atomic E-state index is -1.35. The third-order valence-corrected chi connectivity index (χ3v) is 7.05. The summed E-state index contributed by atoms with van der Waals surface area (Å²) >= 11 is 7.63. The molecule has 7 nitrogen and oxygen atoms in total. The van der Waals surface area contributed by atoms with Crippen LogP contribution in [0.25, 0.3) is 10.2 Å². The molecule has 1 aliphatic carbocycles. The lowest BCUT2D eigenvalue weighted by Gasteiger charge is -2.13. The van der Waals surface area contributed by atoms with Gasteiger partial charge in [0.15, 0.2) is 0 Å². The second-order valence-corrected chi connectivity index (χ2v) is 9.42. The Labute approximate surface area is 184 Å². The lowest BCUT2D eigenvalue weighted by molar-refractivity contribution is 0.102. The number of amides is 1. The molecule has 30 heavy (non-hydrogen) atoms. The number of thiophene rings is 1. The van der Waals surface area contributed by atoms with E-state index in [2.05, 4.69) is 25.3 Å². The molecule has 2 aromatic heterocycles. The van der Waals surface area contributed by atoms with E-state index in [-0.39, 0.29) is 16.4 Å². The summed E-state index contributed by atoms with van der Waals surface area (Å²) in [4.78, 5) is 21.4. The molecule has 0 saturated heterocycles. The SMILES string of the molecule is CCCS(=O)Nc1ccc(F)c(NC(=O)c2csc3c(NC4CC4)ncnc23)c1Cl. The molecular formula is C19H19ClFN5O2S2. The lowest BCUT2D eigenvalue weighted by atomic mass is 10.2. The largest absolute Gasteiger partial charge is 0.366 e. The van der Waals surface area contributed by atoms with Gasteiger partial charge in [0, 0.05) is 17.2 Å². The summed E-state index contributed by atoms with van der Waals surface area (Å²) in [6.45, 7) is 1.90. The Morgan fingerprint density at radius 2 is 2.17 bits per heavy atom. The van der Waals surface area contributed by atoms with Gasteiger partial charge in [0.1, 0.15) is 28.9 Å². The molecule has 1 atom stereocenters. The van der Waals surface area contributed by atoms with E-state index in [9.17, 15) is 13.4 Å². The summed E-state index contributed by atoms with van der Waals surface area (Å²) in [7, 11) is -1.35. The predicted octanol–water partition coefficient (Wildman–Crippen LogP) is 4.80. The zero-order valence-electron chi connectivity index (χ0n) is 16.0.